The summed E-state index contributed by atoms with van der Waals surface area (Å²) in [7, 11) is 1.81. The largest absolute Gasteiger partial charge is 0.341 e. The molecule has 0 heterocycles. The number of hydrogen-bond donors (Lipinski definition) is 1. The lowest BCUT2D eigenvalue weighted by Crippen LogP contribution is -2.30. The number of benzene rings is 1. The summed E-state index contributed by atoms with van der Waals surface area (Å²) in [6, 6.07) is 7.83. The van der Waals surface area contributed by atoms with Crippen molar-refractivity contribution in [2.24, 2.45) is 11.7 Å². The van der Waals surface area contributed by atoms with Crippen LogP contribution in [0.2, 0.25) is 0 Å². The fourth-order valence-corrected chi connectivity index (χ4v) is 1.70. The van der Waals surface area contributed by atoms with Crippen LogP contribution in [-0.2, 0) is 11.3 Å². The molecule has 0 bridgehead atoms. The third-order valence-electron chi connectivity index (χ3n) is 2.62. The van der Waals surface area contributed by atoms with Crippen LogP contribution in [0.1, 0.15) is 25.0 Å². The average Bonchev–Trinajstić information content (AvgIpc) is 2.36. The zero-order valence-electron chi connectivity index (χ0n) is 11.2. The maximum atomic E-state index is 11.8. The quantitative estimate of drug-likeness (QED) is 0.821. The fraction of sp³-hybridized carbons (Fsp3) is 0.400. The van der Waals surface area contributed by atoms with Gasteiger partial charge in [0.1, 0.15) is 0 Å². The minimum absolute atomic E-state index is 0.0114. The minimum Gasteiger partial charge on any atom is -0.341 e. The standard InChI is InChI=1S/C15H20N2O/c1-12(2)15(18)17(3)11-14-8-5-4-7-13(14)9-6-10-16/h4-5,7-8,12H,10-11,16H2,1-3H3. The van der Waals surface area contributed by atoms with E-state index in [2.05, 4.69) is 11.8 Å². The molecule has 0 aliphatic heterocycles. The van der Waals surface area contributed by atoms with E-state index in [4.69, 9.17) is 5.73 Å². The highest BCUT2D eigenvalue weighted by Crippen LogP contribution is 2.11. The van der Waals surface area contributed by atoms with Gasteiger partial charge < -0.3 is 10.6 Å². The molecule has 18 heavy (non-hydrogen) atoms. The van der Waals surface area contributed by atoms with E-state index in [1.165, 1.54) is 0 Å². The third kappa shape index (κ3) is 3.90. The van der Waals surface area contributed by atoms with Gasteiger partial charge >= 0.3 is 0 Å². The lowest BCUT2D eigenvalue weighted by molar-refractivity contribution is -0.133. The summed E-state index contributed by atoms with van der Waals surface area (Å²) in [5.74, 6) is 6.03. The van der Waals surface area contributed by atoms with Crippen LogP contribution in [0, 0.1) is 17.8 Å². The first-order valence-corrected chi connectivity index (χ1v) is 6.08. The van der Waals surface area contributed by atoms with Crippen molar-refractivity contribution in [1.29, 1.82) is 0 Å². The molecule has 2 N–H and O–H groups in total. The smallest absolute Gasteiger partial charge is 0.225 e. The molecule has 1 rings (SSSR count). The molecule has 0 aliphatic carbocycles. The SMILES string of the molecule is CC(C)C(=O)N(C)Cc1ccccc1C#CCN. The first-order chi connectivity index (χ1) is 8.56. The van der Waals surface area contributed by atoms with E-state index in [0.29, 0.717) is 13.1 Å². The molecule has 1 amide bonds. The van der Waals surface area contributed by atoms with Gasteiger partial charge in [-0.15, -0.1) is 0 Å². The first-order valence-electron chi connectivity index (χ1n) is 6.08. The predicted molar refractivity (Wildman–Crippen MR) is 73.7 cm³/mol. The van der Waals surface area contributed by atoms with Gasteiger partial charge in [-0.25, -0.2) is 0 Å². The molecule has 0 spiro atoms. The molecule has 0 fully saturated rings. The molecular formula is C15H20N2O. The Bertz CT molecular complexity index is 469. The summed E-state index contributed by atoms with van der Waals surface area (Å²) < 4.78 is 0. The van der Waals surface area contributed by atoms with E-state index in [1.54, 1.807) is 4.90 Å². The molecule has 3 heteroatoms. The van der Waals surface area contributed by atoms with Crippen LogP contribution < -0.4 is 5.73 Å². The minimum atomic E-state index is 0.0114. The molecule has 0 radical (unpaired) electrons. The Morgan fingerprint density at radius 1 is 1.39 bits per heavy atom. The monoisotopic (exact) mass is 244 g/mol. The Balaban J connectivity index is 2.87. The van der Waals surface area contributed by atoms with E-state index < -0.39 is 0 Å². The van der Waals surface area contributed by atoms with Gasteiger partial charge in [0.25, 0.3) is 0 Å². The normalized spacial score (nSPS) is 9.83. The van der Waals surface area contributed by atoms with Crippen LogP contribution in [-0.4, -0.2) is 24.4 Å². The molecule has 0 unspecified atom stereocenters. The Labute approximate surface area is 109 Å². The number of hydrogen-bond acceptors (Lipinski definition) is 2. The molecule has 1 aromatic carbocycles. The van der Waals surface area contributed by atoms with Crippen molar-refractivity contribution < 1.29 is 4.79 Å². The van der Waals surface area contributed by atoms with Crippen molar-refractivity contribution >= 4 is 5.91 Å². The Kier molecular flexibility index (Phi) is 5.41. The second kappa shape index (κ2) is 6.83. The van der Waals surface area contributed by atoms with Gasteiger partial charge in [0, 0.05) is 25.1 Å². The highest BCUT2D eigenvalue weighted by atomic mass is 16.2. The zero-order chi connectivity index (χ0) is 13.5. The zero-order valence-corrected chi connectivity index (χ0v) is 11.2. The number of carbonyl (C=O) groups excluding carboxylic acids is 1. The second-order valence-corrected chi connectivity index (χ2v) is 4.51. The van der Waals surface area contributed by atoms with E-state index in [1.807, 2.05) is 45.2 Å². The van der Waals surface area contributed by atoms with Crippen molar-refractivity contribution in [3.63, 3.8) is 0 Å². The molecule has 1 aromatic rings. The lowest BCUT2D eigenvalue weighted by Gasteiger charge is -2.20. The molecule has 0 aliphatic rings. The van der Waals surface area contributed by atoms with Crippen molar-refractivity contribution in [3.05, 3.63) is 35.4 Å². The summed E-state index contributed by atoms with van der Waals surface area (Å²) in [6.07, 6.45) is 0. The summed E-state index contributed by atoms with van der Waals surface area (Å²) in [4.78, 5) is 13.6. The van der Waals surface area contributed by atoms with Crippen LogP contribution >= 0.6 is 0 Å². The van der Waals surface area contributed by atoms with E-state index in [0.717, 1.165) is 11.1 Å². The molecule has 0 saturated heterocycles. The lowest BCUT2D eigenvalue weighted by atomic mass is 10.1. The number of amides is 1. The van der Waals surface area contributed by atoms with Gasteiger partial charge in [0.05, 0.1) is 6.54 Å². The fourth-order valence-electron chi connectivity index (χ4n) is 1.70. The van der Waals surface area contributed by atoms with Gasteiger partial charge in [-0.1, -0.05) is 43.9 Å². The van der Waals surface area contributed by atoms with E-state index in [9.17, 15) is 4.79 Å². The third-order valence-corrected chi connectivity index (χ3v) is 2.62. The van der Waals surface area contributed by atoms with Gasteiger partial charge in [0.15, 0.2) is 0 Å². The second-order valence-electron chi connectivity index (χ2n) is 4.51. The number of nitrogens with zero attached hydrogens (tertiary/aromatic N) is 1. The van der Waals surface area contributed by atoms with Gasteiger partial charge in [-0.05, 0) is 11.6 Å². The van der Waals surface area contributed by atoms with Gasteiger partial charge in [-0.2, -0.15) is 0 Å². The molecule has 0 saturated carbocycles. The highest BCUT2D eigenvalue weighted by Gasteiger charge is 2.13. The van der Waals surface area contributed by atoms with Crippen molar-refractivity contribution in [1.82, 2.24) is 4.90 Å². The summed E-state index contributed by atoms with van der Waals surface area (Å²) in [6.45, 7) is 4.72. The van der Waals surface area contributed by atoms with Crippen molar-refractivity contribution in [3.8, 4) is 11.8 Å². The summed E-state index contributed by atoms with van der Waals surface area (Å²) in [5.41, 5.74) is 7.36. The number of nitrogens with two attached hydrogens (primary N) is 1. The van der Waals surface area contributed by atoms with Crippen LogP contribution in [0.25, 0.3) is 0 Å². The maximum Gasteiger partial charge on any atom is 0.225 e. The van der Waals surface area contributed by atoms with Gasteiger partial charge in [0.2, 0.25) is 5.91 Å². The average molecular weight is 244 g/mol. The molecule has 3 nitrogen and oxygen atoms in total. The topological polar surface area (TPSA) is 46.3 Å². The predicted octanol–water partition coefficient (Wildman–Crippen LogP) is 1.61. The number of rotatable bonds is 3. The van der Waals surface area contributed by atoms with Crippen LogP contribution in [0.3, 0.4) is 0 Å². The van der Waals surface area contributed by atoms with E-state index >= 15 is 0 Å². The van der Waals surface area contributed by atoms with Crippen LogP contribution in [0.15, 0.2) is 24.3 Å². The van der Waals surface area contributed by atoms with Crippen molar-refractivity contribution in [2.45, 2.75) is 20.4 Å². The van der Waals surface area contributed by atoms with Crippen LogP contribution in [0.4, 0.5) is 0 Å². The Morgan fingerprint density at radius 2 is 2.06 bits per heavy atom. The molecule has 0 aromatic heterocycles. The molecule has 0 atom stereocenters. The summed E-state index contributed by atoms with van der Waals surface area (Å²) >= 11 is 0. The molecular weight excluding hydrogens is 224 g/mol. The van der Waals surface area contributed by atoms with Gasteiger partial charge in [-0.3, -0.25) is 4.79 Å². The first kappa shape index (κ1) is 14.3. The summed E-state index contributed by atoms with van der Waals surface area (Å²) in [5, 5.41) is 0. The maximum absolute atomic E-state index is 11.8. The Morgan fingerprint density at radius 3 is 2.67 bits per heavy atom. The number of carbonyl (C=O) groups is 1. The van der Waals surface area contributed by atoms with Crippen molar-refractivity contribution in [2.75, 3.05) is 13.6 Å². The van der Waals surface area contributed by atoms with E-state index in [-0.39, 0.29) is 11.8 Å². The Hall–Kier alpha value is -1.79. The highest BCUT2D eigenvalue weighted by molar-refractivity contribution is 5.77. The van der Waals surface area contributed by atoms with Crippen LogP contribution in [0.5, 0.6) is 0 Å². The molecule has 96 valence electrons.